The number of carbonyl (C=O) groups excluding carboxylic acids is 2. The number of nitrogens with zero attached hydrogens (tertiary/aromatic N) is 2. The van der Waals surface area contributed by atoms with Gasteiger partial charge in [-0.1, -0.05) is 0 Å². The van der Waals surface area contributed by atoms with Crippen molar-refractivity contribution in [3.05, 3.63) is 23.8 Å². The molecule has 0 unspecified atom stereocenters. The molecule has 4 aliphatic heterocycles. The summed E-state index contributed by atoms with van der Waals surface area (Å²) >= 11 is 0. The molecular formula is C17H18N2O5. The Labute approximate surface area is 139 Å². The lowest BCUT2D eigenvalue weighted by Crippen LogP contribution is -2.56. The molecule has 0 N–H and O–H groups in total. The van der Waals surface area contributed by atoms with E-state index in [1.807, 2.05) is 4.90 Å². The van der Waals surface area contributed by atoms with Crippen molar-refractivity contribution < 1.29 is 23.8 Å². The lowest BCUT2D eigenvalue weighted by atomic mass is 10.0. The normalized spacial score (nSPS) is 30.5. The summed E-state index contributed by atoms with van der Waals surface area (Å²) in [4.78, 5) is 29.0. The van der Waals surface area contributed by atoms with Crippen LogP contribution in [0.25, 0.3) is 0 Å². The van der Waals surface area contributed by atoms with E-state index in [0.717, 1.165) is 13.0 Å². The van der Waals surface area contributed by atoms with Gasteiger partial charge in [0.25, 0.3) is 5.91 Å². The van der Waals surface area contributed by atoms with Crippen LogP contribution >= 0.6 is 0 Å². The lowest BCUT2D eigenvalue weighted by Gasteiger charge is -2.42. The van der Waals surface area contributed by atoms with Gasteiger partial charge in [-0.25, -0.2) is 0 Å². The minimum atomic E-state index is -0.610. The molecule has 3 saturated heterocycles. The summed E-state index contributed by atoms with van der Waals surface area (Å²) in [6, 6.07) is 5.01. The molecule has 4 heterocycles. The van der Waals surface area contributed by atoms with E-state index in [4.69, 9.17) is 14.2 Å². The van der Waals surface area contributed by atoms with Gasteiger partial charge in [-0.2, -0.15) is 0 Å². The van der Waals surface area contributed by atoms with Crippen LogP contribution in [0, 0.1) is 0 Å². The average molecular weight is 330 g/mol. The Kier molecular flexibility index (Phi) is 2.85. The Bertz CT molecular complexity index is 736. The van der Waals surface area contributed by atoms with E-state index in [2.05, 4.69) is 0 Å². The van der Waals surface area contributed by atoms with E-state index in [0.29, 0.717) is 43.1 Å². The molecule has 0 aromatic heterocycles. The van der Waals surface area contributed by atoms with Crippen LogP contribution in [0.3, 0.4) is 0 Å². The molecule has 126 valence electrons. The topological polar surface area (TPSA) is 68.3 Å². The minimum Gasteiger partial charge on any atom is -0.454 e. The molecule has 3 fully saturated rings. The molecule has 4 aliphatic rings. The average Bonchev–Trinajstić information content (AvgIpc) is 3.26. The van der Waals surface area contributed by atoms with Crippen LogP contribution in [0.2, 0.25) is 0 Å². The Morgan fingerprint density at radius 3 is 3.00 bits per heavy atom. The molecule has 1 aromatic rings. The molecule has 0 aliphatic carbocycles. The Morgan fingerprint density at radius 1 is 1.21 bits per heavy atom. The van der Waals surface area contributed by atoms with E-state index >= 15 is 0 Å². The summed E-state index contributed by atoms with van der Waals surface area (Å²) in [6.45, 7) is 2.15. The zero-order chi connectivity index (χ0) is 16.3. The van der Waals surface area contributed by atoms with Crippen molar-refractivity contribution in [2.24, 2.45) is 0 Å². The summed E-state index contributed by atoms with van der Waals surface area (Å²) in [6.07, 6.45) is 1.88. The van der Waals surface area contributed by atoms with Crippen molar-refractivity contribution in [3.8, 4) is 11.5 Å². The van der Waals surface area contributed by atoms with Crippen LogP contribution in [0.5, 0.6) is 11.5 Å². The van der Waals surface area contributed by atoms with Gasteiger partial charge >= 0.3 is 0 Å². The third kappa shape index (κ3) is 1.76. The maximum Gasteiger partial charge on any atom is 0.254 e. The van der Waals surface area contributed by atoms with Gasteiger partial charge in [0.2, 0.25) is 12.7 Å². The summed E-state index contributed by atoms with van der Waals surface area (Å²) in [7, 11) is 0. The number of hydrogen-bond donors (Lipinski definition) is 0. The second-order valence-electron chi connectivity index (χ2n) is 6.63. The third-order valence-electron chi connectivity index (χ3n) is 5.49. The van der Waals surface area contributed by atoms with Crippen LogP contribution in [0.4, 0.5) is 0 Å². The zero-order valence-electron chi connectivity index (χ0n) is 13.2. The standard InChI is InChI=1S/C17H18N2O5/c20-15-9-14-17(19(15)5-1-7-24-17)4-6-18(14)16(21)11-2-3-12-13(8-11)23-10-22-12/h2-3,8,14H,1,4-7,9-10H2/t14-,17+/m1/s1. The van der Waals surface area contributed by atoms with E-state index in [-0.39, 0.29) is 24.6 Å². The molecule has 0 saturated carbocycles. The highest BCUT2D eigenvalue weighted by Gasteiger charge is 2.61. The molecule has 1 spiro atoms. The van der Waals surface area contributed by atoms with Crippen molar-refractivity contribution >= 4 is 11.8 Å². The van der Waals surface area contributed by atoms with Gasteiger partial charge in [-0.3, -0.25) is 9.59 Å². The number of carbonyl (C=O) groups is 2. The Morgan fingerprint density at radius 2 is 2.08 bits per heavy atom. The molecule has 24 heavy (non-hydrogen) atoms. The monoisotopic (exact) mass is 330 g/mol. The Balaban J connectivity index is 1.45. The van der Waals surface area contributed by atoms with Crippen molar-refractivity contribution in [3.63, 3.8) is 0 Å². The van der Waals surface area contributed by atoms with E-state index in [1.54, 1.807) is 23.1 Å². The first-order chi connectivity index (χ1) is 11.7. The number of rotatable bonds is 1. The SMILES string of the molecule is O=C(c1ccc2c(c1)OCO2)N1CC[C@@]23OCCCN2C(=O)C[C@@H]13. The van der Waals surface area contributed by atoms with Gasteiger partial charge in [0, 0.05) is 25.1 Å². The molecule has 2 amide bonds. The molecule has 1 aromatic carbocycles. The van der Waals surface area contributed by atoms with Gasteiger partial charge in [0.05, 0.1) is 19.1 Å². The van der Waals surface area contributed by atoms with Crippen molar-refractivity contribution in [1.82, 2.24) is 9.80 Å². The van der Waals surface area contributed by atoms with Crippen LogP contribution in [0.15, 0.2) is 18.2 Å². The highest BCUT2D eigenvalue weighted by Crippen LogP contribution is 2.45. The number of ether oxygens (including phenoxy) is 3. The lowest BCUT2D eigenvalue weighted by molar-refractivity contribution is -0.179. The quantitative estimate of drug-likeness (QED) is 0.768. The van der Waals surface area contributed by atoms with Crippen molar-refractivity contribution in [2.75, 3.05) is 26.5 Å². The number of hydrogen-bond acceptors (Lipinski definition) is 5. The number of likely N-dealkylation sites (tertiary alicyclic amines) is 1. The van der Waals surface area contributed by atoms with Gasteiger partial charge < -0.3 is 24.0 Å². The summed E-state index contributed by atoms with van der Waals surface area (Å²) in [5, 5.41) is 0. The van der Waals surface area contributed by atoms with Crippen molar-refractivity contribution in [1.29, 1.82) is 0 Å². The van der Waals surface area contributed by atoms with E-state index < -0.39 is 5.72 Å². The molecular weight excluding hydrogens is 312 g/mol. The first kappa shape index (κ1) is 14.1. The van der Waals surface area contributed by atoms with Gasteiger partial charge in [0.1, 0.15) is 0 Å². The van der Waals surface area contributed by atoms with Gasteiger partial charge in [-0.05, 0) is 24.6 Å². The van der Waals surface area contributed by atoms with Crippen LogP contribution in [0.1, 0.15) is 29.6 Å². The molecule has 2 atom stereocenters. The maximum absolute atomic E-state index is 13.0. The van der Waals surface area contributed by atoms with Crippen LogP contribution in [-0.4, -0.2) is 59.9 Å². The predicted molar refractivity (Wildman–Crippen MR) is 81.6 cm³/mol. The molecule has 0 bridgehead atoms. The van der Waals surface area contributed by atoms with Crippen LogP contribution < -0.4 is 9.47 Å². The fourth-order valence-electron chi connectivity index (χ4n) is 4.39. The van der Waals surface area contributed by atoms with Crippen molar-refractivity contribution in [2.45, 2.75) is 31.0 Å². The summed E-state index contributed by atoms with van der Waals surface area (Å²) in [5.74, 6) is 1.25. The highest BCUT2D eigenvalue weighted by molar-refractivity contribution is 5.96. The summed E-state index contributed by atoms with van der Waals surface area (Å²) in [5.41, 5.74) is -0.0561. The fraction of sp³-hybridized carbons (Fsp3) is 0.529. The minimum absolute atomic E-state index is 0.0843. The first-order valence-electron chi connectivity index (χ1n) is 8.34. The Hall–Kier alpha value is -2.28. The second-order valence-corrected chi connectivity index (χ2v) is 6.63. The third-order valence-corrected chi connectivity index (χ3v) is 5.49. The maximum atomic E-state index is 13.0. The number of amides is 2. The van der Waals surface area contributed by atoms with E-state index in [9.17, 15) is 9.59 Å². The number of benzene rings is 1. The largest absolute Gasteiger partial charge is 0.454 e. The number of fused-ring (bicyclic) bond motifs is 1. The highest BCUT2D eigenvalue weighted by atomic mass is 16.7. The smallest absolute Gasteiger partial charge is 0.254 e. The first-order valence-corrected chi connectivity index (χ1v) is 8.34. The zero-order valence-corrected chi connectivity index (χ0v) is 13.2. The van der Waals surface area contributed by atoms with Gasteiger partial charge in [-0.15, -0.1) is 0 Å². The molecule has 7 nitrogen and oxygen atoms in total. The molecule has 7 heteroatoms. The van der Waals surface area contributed by atoms with E-state index in [1.165, 1.54) is 0 Å². The fourth-order valence-corrected chi connectivity index (χ4v) is 4.39. The predicted octanol–water partition coefficient (Wildman–Crippen LogP) is 0.979. The van der Waals surface area contributed by atoms with Crippen LogP contribution in [-0.2, 0) is 9.53 Å². The van der Waals surface area contributed by atoms with Gasteiger partial charge in [0.15, 0.2) is 17.2 Å². The molecule has 5 rings (SSSR count). The summed E-state index contributed by atoms with van der Waals surface area (Å²) < 4.78 is 16.7. The molecule has 0 radical (unpaired) electrons. The second kappa shape index (κ2) is 4.86.